The zero-order chi connectivity index (χ0) is 17.6. The van der Waals surface area contributed by atoms with Gasteiger partial charge in [0.1, 0.15) is 5.82 Å². The fraction of sp³-hybridized carbons (Fsp3) is 0.524. The van der Waals surface area contributed by atoms with E-state index in [1.165, 1.54) is 38.0 Å². The van der Waals surface area contributed by atoms with E-state index < -0.39 is 0 Å². The molecule has 1 aromatic carbocycles. The van der Waals surface area contributed by atoms with Gasteiger partial charge < -0.3 is 4.90 Å². The number of nitrogens with zero attached hydrogens (tertiary/aromatic N) is 5. The van der Waals surface area contributed by atoms with E-state index in [2.05, 4.69) is 55.0 Å². The molecule has 2 aromatic rings. The van der Waals surface area contributed by atoms with Crippen LogP contribution in [-0.4, -0.2) is 65.6 Å². The van der Waals surface area contributed by atoms with E-state index in [-0.39, 0.29) is 0 Å². The van der Waals surface area contributed by atoms with Crippen LogP contribution in [-0.2, 0) is 6.54 Å². The first-order chi connectivity index (χ1) is 12.9. The van der Waals surface area contributed by atoms with Crippen molar-refractivity contribution in [3.63, 3.8) is 0 Å². The first-order valence-corrected chi connectivity index (χ1v) is 9.86. The van der Waals surface area contributed by atoms with E-state index in [1.807, 2.05) is 6.20 Å². The van der Waals surface area contributed by atoms with Gasteiger partial charge in [0.15, 0.2) is 0 Å². The molecule has 0 bridgehead atoms. The van der Waals surface area contributed by atoms with Crippen LogP contribution in [0.5, 0.6) is 0 Å². The van der Waals surface area contributed by atoms with Crippen LogP contribution in [0.2, 0.25) is 0 Å². The van der Waals surface area contributed by atoms with Crippen molar-refractivity contribution < 1.29 is 0 Å². The van der Waals surface area contributed by atoms with E-state index >= 15 is 0 Å². The highest BCUT2D eigenvalue weighted by atomic mass is 15.3. The molecule has 0 radical (unpaired) electrons. The average molecular weight is 351 g/mol. The lowest BCUT2D eigenvalue weighted by molar-refractivity contribution is 0.124. The van der Waals surface area contributed by atoms with Gasteiger partial charge in [-0.05, 0) is 30.9 Å². The summed E-state index contributed by atoms with van der Waals surface area (Å²) in [4.78, 5) is 16.3. The van der Waals surface area contributed by atoms with Crippen LogP contribution in [0.15, 0.2) is 48.9 Å². The van der Waals surface area contributed by atoms with Gasteiger partial charge in [0.2, 0.25) is 0 Å². The number of aromatic nitrogens is 2. The van der Waals surface area contributed by atoms with Crippen LogP contribution < -0.4 is 4.90 Å². The molecule has 5 heteroatoms. The molecule has 3 heterocycles. The second-order valence-corrected chi connectivity index (χ2v) is 7.58. The van der Waals surface area contributed by atoms with Gasteiger partial charge in [0, 0.05) is 58.2 Å². The summed E-state index contributed by atoms with van der Waals surface area (Å²) >= 11 is 0. The highest BCUT2D eigenvalue weighted by Gasteiger charge is 2.24. The summed E-state index contributed by atoms with van der Waals surface area (Å²) in [5.74, 6) is 1.81. The van der Waals surface area contributed by atoms with Gasteiger partial charge in [-0.25, -0.2) is 4.98 Å². The van der Waals surface area contributed by atoms with Crippen molar-refractivity contribution in [3.05, 3.63) is 54.5 Å². The second kappa shape index (κ2) is 8.60. The largest absolute Gasteiger partial charge is 0.353 e. The number of anilines is 1. The van der Waals surface area contributed by atoms with Crippen LogP contribution in [0.25, 0.3) is 0 Å². The maximum Gasteiger partial charge on any atom is 0.147 e. The van der Waals surface area contributed by atoms with Crippen LogP contribution >= 0.6 is 0 Å². The summed E-state index contributed by atoms with van der Waals surface area (Å²) in [7, 11) is 0. The van der Waals surface area contributed by atoms with Crippen LogP contribution in [0.1, 0.15) is 18.4 Å². The molecular formula is C21H29N5. The molecule has 5 nitrogen and oxygen atoms in total. The van der Waals surface area contributed by atoms with Crippen molar-refractivity contribution in [3.8, 4) is 0 Å². The van der Waals surface area contributed by atoms with Gasteiger partial charge in [-0.1, -0.05) is 30.3 Å². The maximum atomic E-state index is 4.43. The quantitative estimate of drug-likeness (QED) is 0.827. The third-order valence-corrected chi connectivity index (χ3v) is 5.61. The first-order valence-electron chi connectivity index (χ1n) is 9.86. The lowest BCUT2D eigenvalue weighted by atomic mass is 9.96. The van der Waals surface area contributed by atoms with E-state index in [0.717, 1.165) is 44.5 Å². The van der Waals surface area contributed by atoms with Gasteiger partial charge in [0.05, 0.1) is 6.20 Å². The third kappa shape index (κ3) is 4.59. The number of likely N-dealkylation sites (tertiary alicyclic amines) is 1. The molecule has 0 amide bonds. The predicted molar refractivity (Wildman–Crippen MR) is 105 cm³/mol. The Morgan fingerprint density at radius 1 is 0.923 bits per heavy atom. The van der Waals surface area contributed by atoms with E-state index in [9.17, 15) is 0 Å². The lowest BCUT2D eigenvalue weighted by Gasteiger charge is -2.39. The van der Waals surface area contributed by atoms with Gasteiger partial charge in [0.25, 0.3) is 0 Å². The Morgan fingerprint density at radius 2 is 1.77 bits per heavy atom. The zero-order valence-electron chi connectivity index (χ0n) is 15.5. The summed E-state index contributed by atoms with van der Waals surface area (Å²) in [6.07, 6.45) is 8.10. The van der Waals surface area contributed by atoms with Crippen molar-refractivity contribution in [2.24, 2.45) is 5.92 Å². The predicted octanol–water partition coefficient (Wildman–Crippen LogP) is 2.51. The average Bonchev–Trinajstić information content (AvgIpc) is 2.70. The van der Waals surface area contributed by atoms with Crippen molar-refractivity contribution in [2.45, 2.75) is 19.4 Å². The molecule has 1 aromatic heterocycles. The van der Waals surface area contributed by atoms with Crippen LogP contribution in [0.4, 0.5) is 5.82 Å². The molecule has 0 unspecified atom stereocenters. The van der Waals surface area contributed by atoms with Gasteiger partial charge >= 0.3 is 0 Å². The summed E-state index contributed by atoms with van der Waals surface area (Å²) in [5.41, 5.74) is 1.44. The summed E-state index contributed by atoms with van der Waals surface area (Å²) in [6, 6.07) is 10.9. The highest BCUT2D eigenvalue weighted by Crippen LogP contribution is 2.21. The minimum Gasteiger partial charge on any atom is -0.353 e. The Hall–Kier alpha value is -1.98. The van der Waals surface area contributed by atoms with Crippen LogP contribution in [0.3, 0.4) is 0 Å². The molecule has 2 aliphatic heterocycles. The Kier molecular flexibility index (Phi) is 5.77. The SMILES string of the molecule is c1ccc(CN2CCC[C@@H](CN3CCN(c4cnccn4)CC3)C2)cc1. The maximum absolute atomic E-state index is 4.43. The monoisotopic (exact) mass is 351 g/mol. The minimum atomic E-state index is 0.801. The second-order valence-electron chi connectivity index (χ2n) is 7.58. The number of hydrogen-bond donors (Lipinski definition) is 0. The smallest absolute Gasteiger partial charge is 0.147 e. The summed E-state index contributed by atoms with van der Waals surface area (Å²) in [5, 5.41) is 0. The zero-order valence-corrected chi connectivity index (χ0v) is 15.5. The van der Waals surface area contributed by atoms with Gasteiger partial charge in [-0.15, -0.1) is 0 Å². The fourth-order valence-electron chi connectivity index (χ4n) is 4.26. The van der Waals surface area contributed by atoms with Crippen molar-refractivity contribution in [1.82, 2.24) is 19.8 Å². The number of benzene rings is 1. The normalized spacial score (nSPS) is 22.5. The Balaban J connectivity index is 1.24. The Labute approximate surface area is 156 Å². The van der Waals surface area contributed by atoms with E-state index in [4.69, 9.17) is 0 Å². The molecule has 0 saturated carbocycles. The highest BCUT2D eigenvalue weighted by molar-refractivity contribution is 5.35. The first kappa shape index (κ1) is 17.4. The molecule has 0 N–H and O–H groups in total. The molecule has 2 aliphatic rings. The Morgan fingerprint density at radius 3 is 2.54 bits per heavy atom. The van der Waals surface area contributed by atoms with Gasteiger partial charge in [-0.3, -0.25) is 14.8 Å². The topological polar surface area (TPSA) is 35.5 Å². The minimum absolute atomic E-state index is 0.801. The van der Waals surface area contributed by atoms with E-state index in [0.29, 0.717) is 0 Å². The molecule has 1 atom stereocenters. The molecule has 2 fully saturated rings. The van der Waals surface area contributed by atoms with Crippen LogP contribution in [0, 0.1) is 5.92 Å². The summed E-state index contributed by atoms with van der Waals surface area (Å²) < 4.78 is 0. The summed E-state index contributed by atoms with van der Waals surface area (Å²) in [6.45, 7) is 9.18. The molecule has 26 heavy (non-hydrogen) atoms. The number of hydrogen-bond acceptors (Lipinski definition) is 5. The van der Waals surface area contributed by atoms with Crippen molar-refractivity contribution in [2.75, 3.05) is 50.7 Å². The number of piperidine rings is 1. The molecule has 138 valence electrons. The van der Waals surface area contributed by atoms with Gasteiger partial charge in [-0.2, -0.15) is 0 Å². The fourth-order valence-corrected chi connectivity index (χ4v) is 4.26. The molecule has 0 spiro atoms. The molecule has 2 saturated heterocycles. The molecule has 0 aliphatic carbocycles. The number of piperazine rings is 1. The van der Waals surface area contributed by atoms with Crippen molar-refractivity contribution in [1.29, 1.82) is 0 Å². The Bertz CT molecular complexity index is 655. The molecular weight excluding hydrogens is 322 g/mol. The molecule has 4 rings (SSSR count). The third-order valence-electron chi connectivity index (χ3n) is 5.61. The van der Waals surface area contributed by atoms with E-state index in [1.54, 1.807) is 12.4 Å². The lowest BCUT2D eigenvalue weighted by Crippen LogP contribution is -2.49. The number of rotatable bonds is 5. The van der Waals surface area contributed by atoms with Crippen molar-refractivity contribution >= 4 is 5.82 Å². The standard InChI is InChI=1S/C21H29N5/c1-2-5-19(6-3-1)16-25-10-4-7-20(18-25)17-24-11-13-26(14-12-24)21-15-22-8-9-23-21/h1-3,5-6,8-9,15,20H,4,7,10-14,16-18H2/t20-/m0/s1.